The third-order valence-electron chi connectivity index (χ3n) is 3.83. The average Bonchev–Trinajstić information content (AvgIpc) is 3.31. The molecule has 1 unspecified atom stereocenters. The Morgan fingerprint density at radius 2 is 2.15 bits per heavy atom. The number of nitriles is 1. The average molecular weight is 274 g/mol. The Morgan fingerprint density at radius 3 is 2.65 bits per heavy atom. The molecule has 0 aromatic heterocycles. The lowest BCUT2D eigenvalue weighted by Crippen LogP contribution is -2.44. The molecule has 0 saturated heterocycles. The maximum absolute atomic E-state index is 12.4. The minimum atomic E-state index is -0.841. The van der Waals surface area contributed by atoms with Gasteiger partial charge in [0.25, 0.3) is 5.91 Å². The number of hydrogen-bond acceptors (Lipinski definition) is 4. The van der Waals surface area contributed by atoms with E-state index in [0.29, 0.717) is 17.0 Å². The summed E-state index contributed by atoms with van der Waals surface area (Å²) < 4.78 is 10.5. The fourth-order valence-electron chi connectivity index (χ4n) is 2.18. The van der Waals surface area contributed by atoms with E-state index in [1.54, 1.807) is 25.1 Å². The van der Waals surface area contributed by atoms with Gasteiger partial charge in [0, 0.05) is 7.11 Å². The zero-order valence-electron chi connectivity index (χ0n) is 11.9. The van der Waals surface area contributed by atoms with Crippen LogP contribution in [-0.4, -0.2) is 25.7 Å². The van der Waals surface area contributed by atoms with Gasteiger partial charge < -0.3 is 14.8 Å². The van der Waals surface area contributed by atoms with Gasteiger partial charge in [-0.05, 0) is 43.9 Å². The number of carbonyl (C=O) groups is 1. The lowest BCUT2D eigenvalue weighted by molar-refractivity contribution is -0.138. The monoisotopic (exact) mass is 274 g/mol. The Morgan fingerprint density at radius 1 is 1.45 bits per heavy atom. The first-order valence-electron chi connectivity index (χ1n) is 6.50. The Bertz CT molecular complexity index is 561. The molecule has 0 spiro atoms. The number of nitrogens with zero attached hydrogens (tertiary/aromatic N) is 1. The molecule has 5 nitrogen and oxygen atoms in total. The largest absolute Gasteiger partial charge is 0.497 e. The van der Waals surface area contributed by atoms with Crippen molar-refractivity contribution in [3.8, 4) is 11.8 Å². The second kappa shape index (κ2) is 5.51. The number of nitrogens with one attached hydrogen (secondary N) is 1. The molecule has 20 heavy (non-hydrogen) atoms. The van der Waals surface area contributed by atoms with Crippen LogP contribution >= 0.6 is 0 Å². The molecular formula is C15H18N2O3. The fourth-order valence-corrected chi connectivity index (χ4v) is 2.18. The first-order valence-corrected chi connectivity index (χ1v) is 6.50. The Labute approximate surface area is 118 Å². The fraction of sp³-hybridized carbons (Fsp3) is 0.467. The van der Waals surface area contributed by atoms with E-state index < -0.39 is 5.60 Å². The highest BCUT2D eigenvalue weighted by Gasteiger charge is 2.47. The number of benzene rings is 1. The van der Waals surface area contributed by atoms with Crippen molar-refractivity contribution in [3.05, 3.63) is 23.8 Å². The van der Waals surface area contributed by atoms with Crippen LogP contribution in [0.15, 0.2) is 18.2 Å². The predicted molar refractivity (Wildman–Crippen MR) is 74.5 cm³/mol. The number of ether oxygens (including phenoxy) is 2. The summed E-state index contributed by atoms with van der Waals surface area (Å²) in [7, 11) is 3.07. The van der Waals surface area contributed by atoms with Crippen LogP contribution in [0.3, 0.4) is 0 Å². The molecule has 1 aromatic rings. The minimum Gasteiger partial charge on any atom is -0.497 e. The van der Waals surface area contributed by atoms with Crippen molar-refractivity contribution in [1.82, 2.24) is 0 Å². The van der Waals surface area contributed by atoms with Gasteiger partial charge in [0.1, 0.15) is 17.4 Å². The summed E-state index contributed by atoms with van der Waals surface area (Å²) in [5, 5.41) is 11.9. The first-order chi connectivity index (χ1) is 9.55. The van der Waals surface area contributed by atoms with E-state index in [9.17, 15) is 4.79 Å². The standard InChI is InChI=1S/C15H18N2O3/c1-15(20-3,11-4-5-11)14(18)17-13-7-6-12(19-2)8-10(13)9-16/h6-8,11H,4-5H2,1-3H3,(H,17,18). The molecule has 0 aliphatic heterocycles. The molecule has 1 amide bonds. The van der Waals surface area contributed by atoms with Crippen molar-refractivity contribution in [3.63, 3.8) is 0 Å². The lowest BCUT2D eigenvalue weighted by Gasteiger charge is -2.26. The number of rotatable bonds is 5. The van der Waals surface area contributed by atoms with Gasteiger partial charge in [-0.1, -0.05) is 0 Å². The molecule has 1 N–H and O–H groups in total. The summed E-state index contributed by atoms with van der Waals surface area (Å²) in [6.07, 6.45) is 1.98. The maximum Gasteiger partial charge on any atom is 0.256 e. The number of amides is 1. The molecule has 1 atom stereocenters. The molecule has 5 heteroatoms. The van der Waals surface area contributed by atoms with E-state index in [2.05, 4.69) is 11.4 Å². The first kappa shape index (κ1) is 14.4. The molecule has 1 fully saturated rings. The lowest BCUT2D eigenvalue weighted by atomic mass is 9.98. The molecule has 1 aliphatic rings. The summed E-state index contributed by atoms with van der Waals surface area (Å²) >= 11 is 0. The molecule has 2 rings (SSSR count). The van der Waals surface area contributed by atoms with Crippen LogP contribution in [0.5, 0.6) is 5.75 Å². The molecular weight excluding hydrogens is 256 g/mol. The second-order valence-corrected chi connectivity index (χ2v) is 5.06. The normalized spacial score (nSPS) is 16.9. The van der Waals surface area contributed by atoms with Gasteiger partial charge in [-0.25, -0.2) is 0 Å². The van der Waals surface area contributed by atoms with Crippen LogP contribution < -0.4 is 10.1 Å². The van der Waals surface area contributed by atoms with Gasteiger partial charge in [0.05, 0.1) is 18.4 Å². The third-order valence-corrected chi connectivity index (χ3v) is 3.83. The zero-order chi connectivity index (χ0) is 14.8. The molecule has 106 valence electrons. The van der Waals surface area contributed by atoms with Crippen molar-refractivity contribution in [1.29, 1.82) is 5.26 Å². The number of hydrogen-bond donors (Lipinski definition) is 1. The van der Waals surface area contributed by atoms with Crippen LogP contribution in [0.2, 0.25) is 0 Å². The number of anilines is 1. The van der Waals surface area contributed by atoms with E-state index in [1.807, 2.05) is 0 Å². The van der Waals surface area contributed by atoms with E-state index in [1.165, 1.54) is 14.2 Å². The van der Waals surface area contributed by atoms with Crippen molar-refractivity contribution >= 4 is 11.6 Å². The Kier molecular flexibility index (Phi) is 3.96. The smallest absolute Gasteiger partial charge is 0.256 e. The summed E-state index contributed by atoms with van der Waals surface area (Å²) in [5.74, 6) is 0.608. The van der Waals surface area contributed by atoms with Crippen LogP contribution in [-0.2, 0) is 9.53 Å². The second-order valence-electron chi connectivity index (χ2n) is 5.06. The van der Waals surface area contributed by atoms with E-state index in [-0.39, 0.29) is 11.8 Å². The Balaban J connectivity index is 2.21. The topological polar surface area (TPSA) is 71.3 Å². The molecule has 1 aromatic carbocycles. The quantitative estimate of drug-likeness (QED) is 0.894. The number of methoxy groups -OCH3 is 2. The maximum atomic E-state index is 12.4. The summed E-state index contributed by atoms with van der Waals surface area (Å²) in [6.45, 7) is 1.79. The predicted octanol–water partition coefficient (Wildman–Crippen LogP) is 2.32. The van der Waals surface area contributed by atoms with Crippen molar-refractivity contribution in [2.24, 2.45) is 5.92 Å². The molecule has 0 heterocycles. The van der Waals surface area contributed by atoms with E-state index in [4.69, 9.17) is 14.7 Å². The van der Waals surface area contributed by atoms with Crippen molar-refractivity contribution in [2.45, 2.75) is 25.4 Å². The van der Waals surface area contributed by atoms with Gasteiger partial charge in [-0.3, -0.25) is 4.79 Å². The van der Waals surface area contributed by atoms with Crippen LogP contribution in [0.25, 0.3) is 0 Å². The molecule has 1 saturated carbocycles. The van der Waals surface area contributed by atoms with E-state index in [0.717, 1.165) is 12.8 Å². The van der Waals surface area contributed by atoms with Gasteiger partial charge in [0.15, 0.2) is 0 Å². The Hall–Kier alpha value is -2.06. The highest BCUT2D eigenvalue weighted by molar-refractivity contribution is 5.98. The summed E-state index contributed by atoms with van der Waals surface area (Å²) in [4.78, 5) is 12.4. The third kappa shape index (κ3) is 2.61. The summed E-state index contributed by atoms with van der Waals surface area (Å²) in [5.41, 5.74) is 0.00121. The van der Waals surface area contributed by atoms with Gasteiger partial charge >= 0.3 is 0 Å². The van der Waals surface area contributed by atoms with E-state index >= 15 is 0 Å². The van der Waals surface area contributed by atoms with Crippen molar-refractivity contribution < 1.29 is 14.3 Å². The highest BCUT2D eigenvalue weighted by atomic mass is 16.5. The molecule has 1 aliphatic carbocycles. The minimum absolute atomic E-state index is 0.218. The number of carbonyl (C=O) groups excluding carboxylic acids is 1. The van der Waals surface area contributed by atoms with Gasteiger partial charge in [-0.2, -0.15) is 5.26 Å². The molecule has 0 bridgehead atoms. The zero-order valence-corrected chi connectivity index (χ0v) is 11.9. The molecule has 0 radical (unpaired) electrons. The van der Waals surface area contributed by atoms with Crippen LogP contribution in [0, 0.1) is 17.2 Å². The van der Waals surface area contributed by atoms with Gasteiger partial charge in [0.2, 0.25) is 0 Å². The summed E-state index contributed by atoms with van der Waals surface area (Å²) in [6, 6.07) is 7.02. The van der Waals surface area contributed by atoms with Gasteiger partial charge in [-0.15, -0.1) is 0 Å². The highest BCUT2D eigenvalue weighted by Crippen LogP contribution is 2.42. The van der Waals surface area contributed by atoms with Crippen molar-refractivity contribution in [2.75, 3.05) is 19.5 Å². The van der Waals surface area contributed by atoms with Crippen LogP contribution in [0.4, 0.5) is 5.69 Å². The SMILES string of the molecule is COc1ccc(NC(=O)C(C)(OC)C2CC2)c(C#N)c1. The van der Waals surface area contributed by atoms with Crippen LogP contribution in [0.1, 0.15) is 25.3 Å².